The minimum absolute atomic E-state index is 0.0519. The first-order chi connectivity index (χ1) is 12.1. The molecular weight excluding hydrogens is 318 g/mol. The predicted molar refractivity (Wildman–Crippen MR) is 96.6 cm³/mol. The normalized spacial score (nSPS) is 21.6. The van der Waals surface area contributed by atoms with Gasteiger partial charge in [-0.3, -0.25) is 4.79 Å². The lowest BCUT2D eigenvalue weighted by molar-refractivity contribution is 0.0883. The molecule has 1 atom stereocenters. The molecule has 0 aromatic heterocycles. The molecule has 1 aromatic rings. The Kier molecular flexibility index (Phi) is 5.91. The van der Waals surface area contributed by atoms with E-state index in [0.29, 0.717) is 24.3 Å². The van der Waals surface area contributed by atoms with Crippen molar-refractivity contribution in [2.24, 2.45) is 0 Å². The second-order valence-electron chi connectivity index (χ2n) is 7.06. The van der Waals surface area contributed by atoms with E-state index in [1.807, 2.05) is 0 Å². The number of benzene rings is 1. The lowest BCUT2D eigenvalue weighted by Crippen LogP contribution is -2.44. The van der Waals surface area contributed by atoms with E-state index >= 15 is 0 Å². The number of carbonyl (C=O) groups excluding carboxylic acids is 2. The Hall–Kier alpha value is -2.08. The van der Waals surface area contributed by atoms with Crippen LogP contribution in [-0.4, -0.2) is 47.2 Å². The number of anilines is 1. The van der Waals surface area contributed by atoms with Crippen molar-refractivity contribution in [1.82, 2.24) is 10.2 Å². The fourth-order valence-corrected chi connectivity index (χ4v) is 3.56. The number of amides is 3. The van der Waals surface area contributed by atoms with Crippen LogP contribution in [0.3, 0.4) is 0 Å². The number of nitrogens with zero attached hydrogens (tertiary/aromatic N) is 1. The number of hydrogen-bond acceptors (Lipinski definition) is 3. The van der Waals surface area contributed by atoms with Crippen LogP contribution >= 0.6 is 0 Å². The molecule has 2 fully saturated rings. The number of carbonyl (C=O) groups is 2. The molecule has 0 unspecified atom stereocenters. The Morgan fingerprint density at radius 2 is 1.72 bits per heavy atom. The summed E-state index contributed by atoms with van der Waals surface area (Å²) in [6.07, 6.45) is 6.86. The quantitative estimate of drug-likeness (QED) is 0.788. The molecule has 136 valence electrons. The van der Waals surface area contributed by atoms with Crippen molar-refractivity contribution in [3.8, 4) is 0 Å². The highest BCUT2D eigenvalue weighted by atomic mass is 16.3. The molecule has 1 aliphatic heterocycles. The number of β-amino-alcohol motifs (C(OH)–C–C–N with tert-alkyl or cyclic N) is 1. The standard InChI is InChI=1S/C19H27N3O3/c23-17-7-4-12-22(13-17)19(25)21-16-10-8-14(9-11-16)18(24)20-15-5-2-1-3-6-15/h8-11,15,17,23H,1-7,12-13H2,(H,20,24)(H,21,25)/t17-/m1/s1. The fourth-order valence-electron chi connectivity index (χ4n) is 3.56. The molecule has 1 saturated carbocycles. The van der Waals surface area contributed by atoms with Gasteiger partial charge < -0.3 is 20.6 Å². The van der Waals surface area contributed by atoms with E-state index in [4.69, 9.17) is 0 Å². The van der Waals surface area contributed by atoms with Crippen LogP contribution in [-0.2, 0) is 0 Å². The van der Waals surface area contributed by atoms with Crippen molar-refractivity contribution >= 4 is 17.6 Å². The summed E-state index contributed by atoms with van der Waals surface area (Å²) >= 11 is 0. The molecule has 3 N–H and O–H groups in total. The van der Waals surface area contributed by atoms with Gasteiger partial charge in [-0.15, -0.1) is 0 Å². The zero-order valence-corrected chi connectivity index (χ0v) is 14.5. The van der Waals surface area contributed by atoms with Crippen LogP contribution in [0.2, 0.25) is 0 Å². The molecule has 2 aliphatic rings. The summed E-state index contributed by atoms with van der Waals surface area (Å²) < 4.78 is 0. The molecule has 3 amide bonds. The van der Waals surface area contributed by atoms with Crippen molar-refractivity contribution in [3.63, 3.8) is 0 Å². The molecule has 1 saturated heterocycles. The molecule has 3 rings (SSSR count). The van der Waals surface area contributed by atoms with Crippen molar-refractivity contribution < 1.29 is 14.7 Å². The van der Waals surface area contributed by atoms with E-state index in [1.54, 1.807) is 29.2 Å². The summed E-state index contributed by atoms with van der Waals surface area (Å²) in [7, 11) is 0. The van der Waals surface area contributed by atoms with E-state index in [-0.39, 0.29) is 18.0 Å². The average molecular weight is 345 g/mol. The van der Waals surface area contributed by atoms with Crippen LogP contribution in [0, 0.1) is 0 Å². The topological polar surface area (TPSA) is 81.7 Å². The zero-order valence-electron chi connectivity index (χ0n) is 14.5. The van der Waals surface area contributed by atoms with E-state index < -0.39 is 6.10 Å². The molecule has 0 bridgehead atoms. The van der Waals surface area contributed by atoms with Gasteiger partial charge in [-0.2, -0.15) is 0 Å². The smallest absolute Gasteiger partial charge is 0.321 e. The lowest BCUT2D eigenvalue weighted by atomic mass is 9.95. The van der Waals surface area contributed by atoms with Crippen LogP contribution in [0.25, 0.3) is 0 Å². The summed E-state index contributed by atoms with van der Waals surface area (Å²) in [6, 6.07) is 7.03. The van der Waals surface area contributed by atoms with Gasteiger partial charge in [0, 0.05) is 30.4 Å². The molecular formula is C19H27N3O3. The minimum Gasteiger partial charge on any atom is -0.391 e. The third-order valence-corrected chi connectivity index (χ3v) is 5.02. The van der Waals surface area contributed by atoms with Crippen LogP contribution in [0.1, 0.15) is 55.3 Å². The van der Waals surface area contributed by atoms with Crippen LogP contribution < -0.4 is 10.6 Å². The Bertz CT molecular complexity index is 596. The van der Waals surface area contributed by atoms with Crippen molar-refractivity contribution in [2.45, 2.75) is 57.1 Å². The number of likely N-dealkylation sites (tertiary alicyclic amines) is 1. The number of hydrogen-bond donors (Lipinski definition) is 3. The van der Waals surface area contributed by atoms with Gasteiger partial charge in [-0.25, -0.2) is 4.79 Å². The summed E-state index contributed by atoms with van der Waals surface area (Å²) in [5.41, 5.74) is 1.26. The Morgan fingerprint density at radius 1 is 1.00 bits per heavy atom. The summed E-state index contributed by atoms with van der Waals surface area (Å²) in [4.78, 5) is 26.1. The highest BCUT2D eigenvalue weighted by Gasteiger charge is 2.22. The van der Waals surface area contributed by atoms with Gasteiger partial charge in [0.25, 0.3) is 5.91 Å². The average Bonchev–Trinajstić information content (AvgIpc) is 2.63. The summed E-state index contributed by atoms with van der Waals surface area (Å²) in [5, 5.41) is 15.6. The zero-order chi connectivity index (χ0) is 17.6. The molecule has 0 spiro atoms. The summed E-state index contributed by atoms with van der Waals surface area (Å²) in [6.45, 7) is 1.03. The fraction of sp³-hybridized carbons (Fsp3) is 0.579. The van der Waals surface area contributed by atoms with E-state index in [0.717, 1.165) is 25.7 Å². The maximum absolute atomic E-state index is 12.3. The van der Waals surface area contributed by atoms with E-state index in [9.17, 15) is 14.7 Å². The molecule has 1 aliphatic carbocycles. The predicted octanol–water partition coefficient (Wildman–Crippen LogP) is 2.74. The van der Waals surface area contributed by atoms with Crippen molar-refractivity contribution in [1.29, 1.82) is 0 Å². The minimum atomic E-state index is -0.439. The molecule has 6 heteroatoms. The van der Waals surface area contributed by atoms with E-state index in [2.05, 4.69) is 10.6 Å². The number of nitrogens with one attached hydrogen (secondary N) is 2. The lowest BCUT2D eigenvalue weighted by Gasteiger charge is -2.30. The van der Waals surface area contributed by atoms with Gasteiger partial charge >= 0.3 is 6.03 Å². The van der Waals surface area contributed by atoms with Crippen LogP contribution in [0.4, 0.5) is 10.5 Å². The second-order valence-corrected chi connectivity index (χ2v) is 7.06. The number of rotatable bonds is 3. The van der Waals surface area contributed by atoms with Crippen molar-refractivity contribution in [3.05, 3.63) is 29.8 Å². The first-order valence-corrected chi connectivity index (χ1v) is 9.27. The third-order valence-electron chi connectivity index (χ3n) is 5.02. The molecule has 0 radical (unpaired) electrons. The monoisotopic (exact) mass is 345 g/mol. The molecule has 1 heterocycles. The maximum Gasteiger partial charge on any atom is 0.321 e. The van der Waals surface area contributed by atoms with Gasteiger partial charge in [-0.1, -0.05) is 19.3 Å². The Balaban J connectivity index is 1.52. The number of piperidine rings is 1. The second kappa shape index (κ2) is 8.34. The maximum atomic E-state index is 12.3. The number of aliphatic hydroxyl groups excluding tert-OH is 1. The van der Waals surface area contributed by atoms with Gasteiger partial charge in [0.1, 0.15) is 0 Å². The molecule has 25 heavy (non-hydrogen) atoms. The van der Waals surface area contributed by atoms with Crippen molar-refractivity contribution in [2.75, 3.05) is 18.4 Å². The Labute approximate surface area is 148 Å². The third kappa shape index (κ3) is 4.95. The SMILES string of the molecule is O=C(NC1CCCCC1)c1ccc(NC(=O)N2CCC[C@@H](O)C2)cc1. The highest BCUT2D eigenvalue weighted by molar-refractivity contribution is 5.95. The van der Waals surface area contributed by atoms with Gasteiger partial charge in [0.15, 0.2) is 0 Å². The van der Waals surface area contributed by atoms with E-state index in [1.165, 1.54) is 19.3 Å². The van der Waals surface area contributed by atoms with Crippen LogP contribution in [0.5, 0.6) is 0 Å². The molecule has 1 aromatic carbocycles. The number of urea groups is 1. The number of aliphatic hydroxyl groups is 1. The largest absolute Gasteiger partial charge is 0.391 e. The highest BCUT2D eigenvalue weighted by Crippen LogP contribution is 2.18. The van der Waals surface area contributed by atoms with Gasteiger partial charge in [-0.05, 0) is 49.9 Å². The van der Waals surface area contributed by atoms with Gasteiger partial charge in [0.05, 0.1) is 6.10 Å². The van der Waals surface area contributed by atoms with Gasteiger partial charge in [0.2, 0.25) is 0 Å². The van der Waals surface area contributed by atoms with Crippen LogP contribution in [0.15, 0.2) is 24.3 Å². The summed E-state index contributed by atoms with van der Waals surface area (Å²) in [5.74, 6) is -0.0519. The first-order valence-electron chi connectivity index (χ1n) is 9.27. The Morgan fingerprint density at radius 3 is 2.40 bits per heavy atom. The molecule has 6 nitrogen and oxygen atoms in total. The first kappa shape index (κ1) is 17.7.